The van der Waals surface area contributed by atoms with Crippen LogP contribution < -0.4 is 10.2 Å². The quantitative estimate of drug-likeness (QED) is 0.650. The van der Waals surface area contributed by atoms with E-state index in [1.807, 2.05) is 13.8 Å². The highest BCUT2D eigenvalue weighted by molar-refractivity contribution is 6.33. The summed E-state index contributed by atoms with van der Waals surface area (Å²) in [6, 6.07) is 9.97. The van der Waals surface area contributed by atoms with E-state index < -0.39 is 5.91 Å². The Bertz CT molecular complexity index is 745. The Morgan fingerprint density at radius 1 is 1.35 bits per heavy atom. The van der Waals surface area contributed by atoms with Crippen molar-refractivity contribution in [1.29, 1.82) is 0 Å². The Morgan fingerprint density at radius 3 is 2.83 bits per heavy atom. The fourth-order valence-corrected chi connectivity index (χ4v) is 2.23. The lowest BCUT2D eigenvalue weighted by Gasteiger charge is -2.06. The number of rotatable bonds is 5. The lowest BCUT2D eigenvalue weighted by atomic mass is 10.1. The summed E-state index contributed by atoms with van der Waals surface area (Å²) >= 11 is 6.04. The summed E-state index contributed by atoms with van der Waals surface area (Å²) in [5.41, 5.74) is 4.43. The van der Waals surface area contributed by atoms with Crippen LogP contribution in [0.4, 0.5) is 0 Å². The van der Waals surface area contributed by atoms with Crippen LogP contribution in [0.15, 0.2) is 41.5 Å². The van der Waals surface area contributed by atoms with Gasteiger partial charge in [0.1, 0.15) is 0 Å². The van der Waals surface area contributed by atoms with E-state index in [1.165, 1.54) is 12.3 Å². The number of hydrogen-bond acceptors (Lipinski definition) is 4. The number of carbonyl (C=O) groups excluding carboxylic acids is 1. The number of amides is 1. The SMILES string of the molecule is CCOc1cc(C=NNC(=O)c2ccc(C)cc2Cl)ccc1O. The number of carbonyl (C=O) groups is 1. The highest BCUT2D eigenvalue weighted by atomic mass is 35.5. The van der Waals surface area contributed by atoms with Gasteiger partial charge in [0, 0.05) is 0 Å². The molecule has 0 aromatic heterocycles. The van der Waals surface area contributed by atoms with Gasteiger partial charge in [0.05, 0.1) is 23.4 Å². The molecule has 0 bridgehead atoms. The van der Waals surface area contributed by atoms with Crippen molar-refractivity contribution < 1.29 is 14.6 Å². The molecule has 2 rings (SSSR count). The number of phenolic OH excluding ortho intramolecular Hbond substituents is 1. The molecule has 0 fully saturated rings. The van der Waals surface area contributed by atoms with Crippen LogP contribution in [0.3, 0.4) is 0 Å². The van der Waals surface area contributed by atoms with Crippen LogP contribution in [-0.4, -0.2) is 23.8 Å². The minimum Gasteiger partial charge on any atom is -0.504 e. The molecule has 5 nitrogen and oxygen atoms in total. The van der Waals surface area contributed by atoms with Gasteiger partial charge in [-0.3, -0.25) is 4.79 Å². The maximum absolute atomic E-state index is 12.0. The van der Waals surface area contributed by atoms with E-state index in [1.54, 1.807) is 30.3 Å². The summed E-state index contributed by atoms with van der Waals surface area (Å²) in [6.07, 6.45) is 1.46. The van der Waals surface area contributed by atoms with Crippen LogP contribution in [-0.2, 0) is 0 Å². The van der Waals surface area contributed by atoms with Gasteiger partial charge in [-0.2, -0.15) is 5.10 Å². The highest BCUT2D eigenvalue weighted by Gasteiger charge is 2.09. The van der Waals surface area contributed by atoms with E-state index in [2.05, 4.69) is 10.5 Å². The van der Waals surface area contributed by atoms with Crippen molar-refractivity contribution >= 4 is 23.7 Å². The summed E-state index contributed by atoms with van der Waals surface area (Å²) in [7, 11) is 0. The van der Waals surface area contributed by atoms with Crippen LogP contribution in [0.25, 0.3) is 0 Å². The van der Waals surface area contributed by atoms with Gasteiger partial charge >= 0.3 is 0 Å². The van der Waals surface area contributed by atoms with E-state index in [0.717, 1.165) is 5.56 Å². The van der Waals surface area contributed by atoms with Crippen LogP contribution in [0.1, 0.15) is 28.4 Å². The minimum absolute atomic E-state index is 0.0551. The molecule has 0 saturated carbocycles. The predicted octanol–water partition coefficient (Wildman–Crippen LogP) is 3.52. The molecule has 0 unspecified atom stereocenters. The molecule has 120 valence electrons. The molecule has 1 amide bonds. The van der Waals surface area contributed by atoms with Gasteiger partial charge in [0.2, 0.25) is 0 Å². The molecule has 0 atom stereocenters. The first-order valence-electron chi connectivity index (χ1n) is 7.06. The summed E-state index contributed by atoms with van der Waals surface area (Å²) in [5.74, 6) is 0.0267. The fourth-order valence-electron chi connectivity index (χ4n) is 1.91. The number of aromatic hydroxyl groups is 1. The summed E-state index contributed by atoms with van der Waals surface area (Å²) in [5, 5.41) is 13.9. The van der Waals surface area contributed by atoms with Gasteiger partial charge in [-0.1, -0.05) is 17.7 Å². The van der Waals surface area contributed by atoms with Crippen molar-refractivity contribution in [3.05, 3.63) is 58.1 Å². The second-order valence-corrected chi connectivity index (χ2v) is 5.25. The Labute approximate surface area is 139 Å². The average molecular weight is 333 g/mol. The van der Waals surface area contributed by atoms with E-state index in [4.69, 9.17) is 16.3 Å². The number of nitrogens with zero attached hydrogens (tertiary/aromatic N) is 1. The topological polar surface area (TPSA) is 70.9 Å². The largest absolute Gasteiger partial charge is 0.504 e. The minimum atomic E-state index is -0.393. The molecule has 2 N–H and O–H groups in total. The van der Waals surface area contributed by atoms with Gasteiger partial charge in [0.25, 0.3) is 5.91 Å². The molecule has 6 heteroatoms. The third-order valence-electron chi connectivity index (χ3n) is 3.03. The van der Waals surface area contributed by atoms with Crippen molar-refractivity contribution in [2.24, 2.45) is 5.10 Å². The van der Waals surface area contributed by atoms with Gasteiger partial charge in [-0.05, 0) is 55.3 Å². The monoisotopic (exact) mass is 332 g/mol. The van der Waals surface area contributed by atoms with Crippen molar-refractivity contribution in [1.82, 2.24) is 5.43 Å². The van der Waals surface area contributed by atoms with Gasteiger partial charge < -0.3 is 9.84 Å². The van der Waals surface area contributed by atoms with E-state index >= 15 is 0 Å². The Morgan fingerprint density at radius 2 is 2.13 bits per heavy atom. The first-order valence-corrected chi connectivity index (χ1v) is 7.44. The number of nitrogens with one attached hydrogen (secondary N) is 1. The summed E-state index contributed by atoms with van der Waals surface area (Å²) < 4.78 is 5.28. The van der Waals surface area contributed by atoms with Crippen LogP contribution in [0.5, 0.6) is 11.5 Å². The normalized spacial score (nSPS) is 10.7. The molecule has 2 aromatic rings. The predicted molar refractivity (Wildman–Crippen MR) is 90.5 cm³/mol. The Hall–Kier alpha value is -2.53. The number of benzene rings is 2. The second-order valence-electron chi connectivity index (χ2n) is 4.84. The smallest absolute Gasteiger partial charge is 0.272 e. The lowest BCUT2D eigenvalue weighted by Crippen LogP contribution is -2.18. The molecule has 0 radical (unpaired) electrons. The Kier molecular flexibility index (Phi) is 5.60. The van der Waals surface area contributed by atoms with Crippen LogP contribution in [0.2, 0.25) is 5.02 Å². The highest BCUT2D eigenvalue weighted by Crippen LogP contribution is 2.26. The van der Waals surface area contributed by atoms with Crippen molar-refractivity contribution in [2.45, 2.75) is 13.8 Å². The third kappa shape index (κ3) is 4.47. The summed E-state index contributed by atoms with van der Waals surface area (Å²) in [4.78, 5) is 12.0. The maximum Gasteiger partial charge on any atom is 0.272 e. The first kappa shape index (κ1) is 16.8. The molecular formula is C17H17ClN2O3. The standard InChI is InChI=1S/C17H17ClN2O3/c1-3-23-16-9-12(5-7-15(16)21)10-19-20-17(22)13-6-4-11(2)8-14(13)18/h4-10,21H,3H2,1-2H3,(H,20,22). The first-order chi connectivity index (χ1) is 11.0. The fraction of sp³-hybridized carbons (Fsp3) is 0.176. The van der Waals surface area contributed by atoms with Crippen molar-refractivity contribution in [3.63, 3.8) is 0 Å². The van der Waals surface area contributed by atoms with Gasteiger partial charge in [-0.25, -0.2) is 5.43 Å². The van der Waals surface area contributed by atoms with E-state index in [9.17, 15) is 9.90 Å². The lowest BCUT2D eigenvalue weighted by molar-refractivity contribution is 0.0955. The molecule has 23 heavy (non-hydrogen) atoms. The zero-order chi connectivity index (χ0) is 16.8. The van der Waals surface area contributed by atoms with Crippen molar-refractivity contribution in [3.8, 4) is 11.5 Å². The molecule has 2 aromatic carbocycles. The zero-order valence-corrected chi connectivity index (χ0v) is 13.6. The number of phenols is 1. The maximum atomic E-state index is 12.0. The van der Waals surface area contributed by atoms with Gasteiger partial charge in [0.15, 0.2) is 11.5 Å². The molecule has 0 spiro atoms. The molecule has 0 aliphatic heterocycles. The molecule has 0 aliphatic rings. The van der Waals surface area contributed by atoms with E-state index in [0.29, 0.717) is 28.5 Å². The molecule has 0 aliphatic carbocycles. The van der Waals surface area contributed by atoms with E-state index in [-0.39, 0.29) is 5.75 Å². The number of hydrogen-bond donors (Lipinski definition) is 2. The second kappa shape index (κ2) is 7.65. The molecule has 0 saturated heterocycles. The average Bonchev–Trinajstić information content (AvgIpc) is 2.50. The van der Waals surface area contributed by atoms with Crippen LogP contribution in [0, 0.1) is 6.92 Å². The number of aryl methyl sites for hydroxylation is 1. The zero-order valence-electron chi connectivity index (χ0n) is 12.8. The number of halogens is 1. The van der Waals surface area contributed by atoms with Gasteiger partial charge in [-0.15, -0.1) is 0 Å². The van der Waals surface area contributed by atoms with Crippen molar-refractivity contribution in [2.75, 3.05) is 6.61 Å². The number of hydrazone groups is 1. The third-order valence-corrected chi connectivity index (χ3v) is 3.35. The molecule has 0 heterocycles. The van der Waals surface area contributed by atoms with Crippen LogP contribution >= 0.6 is 11.6 Å². The summed E-state index contributed by atoms with van der Waals surface area (Å²) in [6.45, 7) is 4.16. The number of ether oxygens (including phenoxy) is 1. The Balaban J connectivity index is 2.06. The molecular weight excluding hydrogens is 316 g/mol.